The molecule has 0 radical (unpaired) electrons. The Bertz CT molecular complexity index is 1100. The van der Waals surface area contributed by atoms with Crippen LogP contribution < -0.4 is 9.47 Å². The van der Waals surface area contributed by atoms with E-state index in [0.29, 0.717) is 16.9 Å². The van der Waals surface area contributed by atoms with Crippen LogP contribution >= 0.6 is 23.4 Å². The van der Waals surface area contributed by atoms with Crippen LogP contribution in [0, 0.1) is 0 Å². The summed E-state index contributed by atoms with van der Waals surface area (Å²) in [4.78, 5) is 36.9. The SMILES string of the molecule is C=CCN1C(=O)S/C(=C/c2cc(Cl)c(OCc3cccc(C(=O)O)c3)c(OC)c2)C1=O. The maximum absolute atomic E-state index is 12.4. The molecule has 0 aromatic heterocycles. The third kappa shape index (κ3) is 5.10. The number of carbonyl (C=O) groups is 3. The van der Waals surface area contributed by atoms with E-state index in [4.69, 9.17) is 26.2 Å². The number of halogens is 1. The van der Waals surface area contributed by atoms with Gasteiger partial charge in [0.15, 0.2) is 11.5 Å². The number of hydrogen-bond acceptors (Lipinski definition) is 6. The molecule has 0 spiro atoms. The summed E-state index contributed by atoms with van der Waals surface area (Å²) in [6.45, 7) is 3.77. The Hall–Kier alpha value is -3.23. The van der Waals surface area contributed by atoms with Crippen molar-refractivity contribution in [1.29, 1.82) is 0 Å². The van der Waals surface area contributed by atoms with Crippen molar-refractivity contribution in [1.82, 2.24) is 4.90 Å². The zero-order chi connectivity index (χ0) is 22.5. The van der Waals surface area contributed by atoms with Crippen molar-refractivity contribution in [3.05, 3.63) is 75.7 Å². The molecule has 1 saturated heterocycles. The standard InChI is InChI=1S/C22H18ClNO6S/c1-3-7-24-20(25)18(31-22(24)28)11-14-9-16(23)19(17(10-14)29-2)30-12-13-5-4-6-15(8-13)21(26)27/h3-6,8-11H,1,7,12H2,2H3,(H,26,27)/b18-11+. The van der Waals surface area contributed by atoms with Crippen LogP contribution in [0.4, 0.5) is 4.79 Å². The van der Waals surface area contributed by atoms with Gasteiger partial charge in [-0.2, -0.15) is 0 Å². The van der Waals surface area contributed by atoms with Crippen LogP contribution in [0.15, 0.2) is 54.0 Å². The number of rotatable bonds is 8. The van der Waals surface area contributed by atoms with Gasteiger partial charge in [0.05, 0.1) is 22.6 Å². The third-order valence-electron chi connectivity index (χ3n) is 4.29. The van der Waals surface area contributed by atoms with E-state index in [2.05, 4.69) is 6.58 Å². The normalized spacial score (nSPS) is 14.8. The first-order chi connectivity index (χ1) is 14.8. The highest BCUT2D eigenvalue weighted by molar-refractivity contribution is 8.18. The topological polar surface area (TPSA) is 93.1 Å². The minimum Gasteiger partial charge on any atom is -0.493 e. The van der Waals surface area contributed by atoms with E-state index >= 15 is 0 Å². The Morgan fingerprint density at radius 1 is 1.29 bits per heavy atom. The van der Waals surface area contributed by atoms with Crippen LogP contribution in [0.3, 0.4) is 0 Å². The lowest BCUT2D eigenvalue weighted by Crippen LogP contribution is -2.27. The minimum absolute atomic E-state index is 0.0803. The average Bonchev–Trinajstić information content (AvgIpc) is 3.00. The average molecular weight is 460 g/mol. The molecule has 160 valence electrons. The van der Waals surface area contributed by atoms with Gasteiger partial charge in [0, 0.05) is 6.54 Å². The second-order valence-electron chi connectivity index (χ2n) is 6.41. The molecule has 1 fully saturated rings. The number of hydrogen-bond donors (Lipinski definition) is 1. The van der Waals surface area contributed by atoms with E-state index < -0.39 is 11.9 Å². The van der Waals surface area contributed by atoms with Crippen LogP contribution in [0.1, 0.15) is 21.5 Å². The van der Waals surface area contributed by atoms with Gasteiger partial charge in [0.1, 0.15) is 6.61 Å². The molecule has 0 atom stereocenters. The molecular formula is C22H18ClNO6S. The summed E-state index contributed by atoms with van der Waals surface area (Å²) in [5, 5.41) is 8.99. The Kier molecular flexibility index (Phi) is 7.04. The van der Waals surface area contributed by atoms with Crippen molar-refractivity contribution < 1.29 is 29.0 Å². The molecule has 31 heavy (non-hydrogen) atoms. The van der Waals surface area contributed by atoms with Crippen LogP contribution in [0.25, 0.3) is 6.08 Å². The van der Waals surface area contributed by atoms with Crippen molar-refractivity contribution in [2.45, 2.75) is 6.61 Å². The summed E-state index contributed by atoms with van der Waals surface area (Å²) in [5.74, 6) is -0.816. The van der Waals surface area contributed by atoms with Crippen molar-refractivity contribution >= 4 is 46.6 Å². The number of carboxylic acid groups (broad SMARTS) is 1. The number of ether oxygens (including phenoxy) is 2. The van der Waals surface area contributed by atoms with E-state index in [0.717, 1.165) is 16.7 Å². The highest BCUT2D eigenvalue weighted by Crippen LogP contribution is 2.39. The van der Waals surface area contributed by atoms with Gasteiger partial charge >= 0.3 is 5.97 Å². The zero-order valence-corrected chi connectivity index (χ0v) is 18.0. The number of carboxylic acids is 1. The molecule has 3 rings (SSSR count). The summed E-state index contributed by atoms with van der Waals surface area (Å²) in [6, 6.07) is 9.59. The lowest BCUT2D eigenvalue weighted by Gasteiger charge is -2.14. The molecule has 7 nitrogen and oxygen atoms in total. The monoisotopic (exact) mass is 459 g/mol. The molecule has 1 aliphatic rings. The fourth-order valence-corrected chi connectivity index (χ4v) is 3.97. The molecule has 2 aromatic carbocycles. The summed E-state index contributed by atoms with van der Waals surface area (Å²) in [6.07, 6.45) is 3.04. The predicted octanol–water partition coefficient (Wildman–Crippen LogP) is 4.85. The molecule has 0 unspecified atom stereocenters. The van der Waals surface area contributed by atoms with Gasteiger partial charge in [-0.05, 0) is 53.2 Å². The number of benzene rings is 2. The van der Waals surface area contributed by atoms with Gasteiger partial charge < -0.3 is 14.6 Å². The molecule has 9 heteroatoms. The molecule has 1 heterocycles. The third-order valence-corrected chi connectivity index (χ3v) is 5.48. The van der Waals surface area contributed by atoms with Gasteiger partial charge in [0.2, 0.25) is 0 Å². The molecule has 2 aromatic rings. The summed E-state index contributed by atoms with van der Waals surface area (Å²) >= 11 is 7.22. The smallest absolute Gasteiger partial charge is 0.335 e. The second-order valence-corrected chi connectivity index (χ2v) is 7.81. The highest BCUT2D eigenvalue weighted by atomic mass is 35.5. The second kappa shape index (κ2) is 9.72. The Labute approximate surface area is 187 Å². The van der Waals surface area contributed by atoms with Gasteiger partial charge in [-0.15, -0.1) is 6.58 Å². The maximum Gasteiger partial charge on any atom is 0.335 e. The zero-order valence-electron chi connectivity index (χ0n) is 16.5. The molecule has 1 aliphatic heterocycles. The Morgan fingerprint density at radius 3 is 2.74 bits per heavy atom. The number of amides is 2. The first-order valence-corrected chi connectivity index (χ1v) is 10.2. The van der Waals surface area contributed by atoms with E-state index in [1.54, 1.807) is 30.3 Å². The Morgan fingerprint density at radius 2 is 2.06 bits per heavy atom. The van der Waals surface area contributed by atoms with Crippen molar-refractivity contribution in [2.75, 3.05) is 13.7 Å². The fraction of sp³-hybridized carbons (Fsp3) is 0.136. The largest absolute Gasteiger partial charge is 0.493 e. The fourth-order valence-electron chi connectivity index (χ4n) is 2.85. The van der Waals surface area contributed by atoms with Crippen LogP contribution in [-0.2, 0) is 11.4 Å². The number of aromatic carboxylic acids is 1. The molecular weight excluding hydrogens is 442 g/mol. The van der Waals surface area contributed by atoms with Crippen molar-refractivity contribution in [2.24, 2.45) is 0 Å². The first kappa shape index (κ1) is 22.5. The number of carbonyl (C=O) groups excluding carboxylic acids is 2. The van der Waals surface area contributed by atoms with Gasteiger partial charge in [-0.1, -0.05) is 29.8 Å². The summed E-state index contributed by atoms with van der Waals surface area (Å²) < 4.78 is 11.1. The molecule has 0 bridgehead atoms. The lowest BCUT2D eigenvalue weighted by molar-refractivity contribution is -0.122. The number of thioether (sulfide) groups is 1. The van der Waals surface area contributed by atoms with E-state index in [9.17, 15) is 14.4 Å². The number of methoxy groups -OCH3 is 1. The van der Waals surface area contributed by atoms with E-state index in [1.807, 2.05) is 0 Å². The summed E-state index contributed by atoms with van der Waals surface area (Å²) in [5.41, 5.74) is 1.36. The first-order valence-electron chi connectivity index (χ1n) is 9.03. The molecule has 0 saturated carbocycles. The molecule has 1 N–H and O–H groups in total. The molecule has 2 amide bonds. The van der Waals surface area contributed by atoms with Crippen molar-refractivity contribution in [3.63, 3.8) is 0 Å². The minimum atomic E-state index is -1.03. The Balaban J connectivity index is 1.83. The lowest BCUT2D eigenvalue weighted by atomic mass is 10.1. The van der Waals surface area contributed by atoms with Crippen LogP contribution in [-0.4, -0.2) is 40.8 Å². The van der Waals surface area contributed by atoms with Gasteiger partial charge in [0.25, 0.3) is 11.1 Å². The number of nitrogens with zero attached hydrogens (tertiary/aromatic N) is 1. The quantitative estimate of drug-likeness (QED) is 0.445. The summed E-state index contributed by atoms with van der Waals surface area (Å²) in [7, 11) is 1.45. The van der Waals surface area contributed by atoms with Gasteiger partial charge in [-0.25, -0.2) is 4.79 Å². The van der Waals surface area contributed by atoms with Crippen LogP contribution in [0.5, 0.6) is 11.5 Å². The molecule has 0 aliphatic carbocycles. The predicted molar refractivity (Wildman–Crippen MR) is 119 cm³/mol. The number of imide groups is 1. The van der Waals surface area contributed by atoms with E-state index in [1.165, 1.54) is 25.3 Å². The maximum atomic E-state index is 12.4. The highest BCUT2D eigenvalue weighted by Gasteiger charge is 2.34. The van der Waals surface area contributed by atoms with Gasteiger partial charge in [-0.3, -0.25) is 14.5 Å². The van der Waals surface area contributed by atoms with Crippen LogP contribution in [0.2, 0.25) is 5.02 Å². The van der Waals surface area contributed by atoms with E-state index in [-0.39, 0.29) is 39.6 Å². The van der Waals surface area contributed by atoms with Crippen molar-refractivity contribution in [3.8, 4) is 11.5 Å².